The standard InChI is InChI=1S/C19H22N2O3/c1-3-13-6-4-5-7-17(13)21-19(22)20-15-10-14-11-16(23-2)8-9-18(14)24-12-15/h4-9,11,15H,3,10,12H2,1-2H3,(H2,20,21,22)/t15-/m1/s1. The van der Waals surface area contributed by atoms with Gasteiger partial charge >= 0.3 is 6.03 Å². The molecule has 0 aliphatic carbocycles. The monoisotopic (exact) mass is 326 g/mol. The van der Waals surface area contributed by atoms with Crippen LogP contribution in [-0.2, 0) is 12.8 Å². The van der Waals surface area contributed by atoms with Gasteiger partial charge in [0.25, 0.3) is 0 Å². The molecule has 0 fully saturated rings. The third-order valence-corrected chi connectivity index (χ3v) is 4.16. The number of benzene rings is 2. The van der Waals surface area contributed by atoms with Crippen molar-refractivity contribution in [3.8, 4) is 11.5 Å². The van der Waals surface area contributed by atoms with Crippen LogP contribution in [0.25, 0.3) is 0 Å². The van der Waals surface area contributed by atoms with Gasteiger partial charge in [-0.3, -0.25) is 0 Å². The van der Waals surface area contributed by atoms with Gasteiger partial charge in [0.15, 0.2) is 0 Å². The van der Waals surface area contributed by atoms with Gasteiger partial charge in [-0.05, 0) is 48.2 Å². The number of urea groups is 1. The number of amides is 2. The van der Waals surface area contributed by atoms with E-state index in [4.69, 9.17) is 9.47 Å². The van der Waals surface area contributed by atoms with Gasteiger partial charge in [-0.15, -0.1) is 0 Å². The first-order valence-electron chi connectivity index (χ1n) is 8.14. The first-order valence-corrected chi connectivity index (χ1v) is 8.14. The van der Waals surface area contributed by atoms with Crippen molar-refractivity contribution in [2.75, 3.05) is 19.0 Å². The highest BCUT2D eigenvalue weighted by molar-refractivity contribution is 5.90. The Hall–Kier alpha value is -2.69. The van der Waals surface area contributed by atoms with Crippen molar-refractivity contribution in [2.24, 2.45) is 0 Å². The number of hydrogen-bond donors (Lipinski definition) is 2. The molecule has 0 aromatic heterocycles. The molecule has 0 unspecified atom stereocenters. The Balaban J connectivity index is 1.63. The summed E-state index contributed by atoms with van der Waals surface area (Å²) in [4.78, 5) is 12.3. The van der Waals surface area contributed by atoms with Crippen LogP contribution in [0.15, 0.2) is 42.5 Å². The number of hydrogen-bond acceptors (Lipinski definition) is 3. The number of rotatable bonds is 4. The van der Waals surface area contributed by atoms with E-state index in [1.807, 2.05) is 42.5 Å². The van der Waals surface area contributed by atoms with Crippen LogP contribution in [0.2, 0.25) is 0 Å². The summed E-state index contributed by atoms with van der Waals surface area (Å²) in [6.45, 7) is 2.53. The van der Waals surface area contributed by atoms with Gasteiger partial charge in [0.05, 0.1) is 13.2 Å². The molecule has 2 N–H and O–H groups in total. The number of methoxy groups -OCH3 is 1. The van der Waals surface area contributed by atoms with Gasteiger partial charge in [-0.25, -0.2) is 4.79 Å². The summed E-state index contributed by atoms with van der Waals surface area (Å²) in [7, 11) is 1.64. The zero-order valence-corrected chi connectivity index (χ0v) is 14.0. The van der Waals surface area contributed by atoms with Crippen LogP contribution < -0.4 is 20.1 Å². The number of ether oxygens (including phenoxy) is 2. The zero-order chi connectivity index (χ0) is 16.9. The molecule has 24 heavy (non-hydrogen) atoms. The molecular weight excluding hydrogens is 304 g/mol. The topological polar surface area (TPSA) is 59.6 Å². The van der Waals surface area contributed by atoms with Crippen molar-refractivity contribution in [1.29, 1.82) is 0 Å². The number of nitrogens with one attached hydrogen (secondary N) is 2. The summed E-state index contributed by atoms with van der Waals surface area (Å²) < 4.78 is 11.0. The first-order chi connectivity index (χ1) is 11.7. The SMILES string of the molecule is CCc1ccccc1NC(=O)N[C@H]1COc2ccc(OC)cc2C1. The molecule has 3 rings (SSSR count). The summed E-state index contributed by atoms with van der Waals surface area (Å²) >= 11 is 0. The zero-order valence-electron chi connectivity index (χ0n) is 14.0. The van der Waals surface area contributed by atoms with E-state index in [0.717, 1.165) is 41.2 Å². The van der Waals surface area contributed by atoms with Crippen LogP contribution in [-0.4, -0.2) is 25.8 Å². The molecule has 0 spiro atoms. The van der Waals surface area contributed by atoms with E-state index in [-0.39, 0.29) is 12.1 Å². The van der Waals surface area contributed by atoms with E-state index in [0.29, 0.717) is 6.61 Å². The quantitative estimate of drug-likeness (QED) is 0.905. The van der Waals surface area contributed by atoms with Crippen molar-refractivity contribution in [3.05, 3.63) is 53.6 Å². The van der Waals surface area contributed by atoms with Gasteiger partial charge in [0, 0.05) is 5.69 Å². The summed E-state index contributed by atoms with van der Waals surface area (Å²) in [5.41, 5.74) is 3.00. The highest BCUT2D eigenvalue weighted by atomic mass is 16.5. The summed E-state index contributed by atoms with van der Waals surface area (Å²) in [6, 6.07) is 13.3. The van der Waals surface area contributed by atoms with E-state index >= 15 is 0 Å². The van der Waals surface area contributed by atoms with Crippen molar-refractivity contribution in [1.82, 2.24) is 5.32 Å². The number of para-hydroxylation sites is 1. The minimum Gasteiger partial charge on any atom is -0.497 e. The average molecular weight is 326 g/mol. The largest absolute Gasteiger partial charge is 0.497 e. The normalized spacial score (nSPS) is 15.8. The fraction of sp³-hybridized carbons (Fsp3) is 0.316. The number of carbonyl (C=O) groups is 1. The highest BCUT2D eigenvalue weighted by Gasteiger charge is 2.22. The van der Waals surface area contributed by atoms with Crippen LogP contribution in [0.5, 0.6) is 11.5 Å². The summed E-state index contributed by atoms with van der Waals surface area (Å²) in [5.74, 6) is 1.64. The van der Waals surface area contributed by atoms with Crippen molar-refractivity contribution in [2.45, 2.75) is 25.8 Å². The smallest absolute Gasteiger partial charge is 0.319 e. The van der Waals surface area contributed by atoms with Gasteiger partial charge < -0.3 is 20.1 Å². The van der Waals surface area contributed by atoms with Crippen molar-refractivity contribution < 1.29 is 14.3 Å². The van der Waals surface area contributed by atoms with Gasteiger partial charge in [0.1, 0.15) is 18.1 Å². The molecule has 0 radical (unpaired) electrons. The Morgan fingerprint density at radius 1 is 1.29 bits per heavy atom. The lowest BCUT2D eigenvalue weighted by Crippen LogP contribution is -2.44. The Kier molecular flexibility index (Phi) is 4.89. The fourth-order valence-electron chi connectivity index (χ4n) is 2.88. The molecule has 2 aromatic rings. The number of aryl methyl sites for hydroxylation is 1. The molecular formula is C19H22N2O3. The number of carbonyl (C=O) groups excluding carboxylic acids is 1. The van der Waals surface area contributed by atoms with Crippen LogP contribution in [0.3, 0.4) is 0 Å². The molecule has 0 saturated carbocycles. The van der Waals surface area contributed by atoms with Crippen LogP contribution in [0, 0.1) is 0 Å². The molecule has 2 amide bonds. The van der Waals surface area contributed by atoms with Crippen LogP contribution in [0.4, 0.5) is 10.5 Å². The first kappa shape index (κ1) is 16.2. The van der Waals surface area contributed by atoms with Gasteiger partial charge in [-0.2, -0.15) is 0 Å². The maximum absolute atomic E-state index is 12.3. The number of fused-ring (bicyclic) bond motifs is 1. The molecule has 1 atom stereocenters. The third-order valence-electron chi connectivity index (χ3n) is 4.16. The average Bonchev–Trinajstić information content (AvgIpc) is 2.61. The van der Waals surface area contributed by atoms with Gasteiger partial charge in [-0.1, -0.05) is 25.1 Å². The molecule has 5 heteroatoms. The van der Waals surface area contributed by atoms with E-state index in [9.17, 15) is 4.79 Å². The predicted molar refractivity (Wildman–Crippen MR) is 94.0 cm³/mol. The Bertz CT molecular complexity index is 730. The molecule has 5 nitrogen and oxygen atoms in total. The lowest BCUT2D eigenvalue weighted by Gasteiger charge is -2.26. The van der Waals surface area contributed by atoms with E-state index in [2.05, 4.69) is 17.6 Å². The Morgan fingerprint density at radius 2 is 2.12 bits per heavy atom. The minimum absolute atomic E-state index is 0.0709. The predicted octanol–water partition coefficient (Wildman–Crippen LogP) is 3.38. The third kappa shape index (κ3) is 3.62. The minimum atomic E-state index is -0.212. The molecule has 1 aliphatic rings. The second kappa shape index (κ2) is 7.25. The Morgan fingerprint density at radius 3 is 2.92 bits per heavy atom. The second-order valence-corrected chi connectivity index (χ2v) is 5.79. The van der Waals surface area contributed by atoms with Crippen molar-refractivity contribution >= 4 is 11.7 Å². The lowest BCUT2D eigenvalue weighted by atomic mass is 10.0. The van der Waals surface area contributed by atoms with Crippen LogP contribution >= 0.6 is 0 Å². The van der Waals surface area contributed by atoms with Crippen molar-refractivity contribution in [3.63, 3.8) is 0 Å². The molecule has 2 aromatic carbocycles. The fourth-order valence-corrected chi connectivity index (χ4v) is 2.88. The molecule has 126 valence electrons. The molecule has 1 aliphatic heterocycles. The highest BCUT2D eigenvalue weighted by Crippen LogP contribution is 2.28. The lowest BCUT2D eigenvalue weighted by molar-refractivity contribution is 0.222. The van der Waals surface area contributed by atoms with E-state index in [1.165, 1.54) is 0 Å². The molecule has 0 saturated heterocycles. The second-order valence-electron chi connectivity index (χ2n) is 5.79. The maximum Gasteiger partial charge on any atom is 0.319 e. The molecule has 1 heterocycles. The maximum atomic E-state index is 12.3. The molecule has 0 bridgehead atoms. The van der Waals surface area contributed by atoms with Gasteiger partial charge in [0.2, 0.25) is 0 Å². The van der Waals surface area contributed by atoms with E-state index < -0.39 is 0 Å². The van der Waals surface area contributed by atoms with E-state index in [1.54, 1.807) is 7.11 Å². The summed E-state index contributed by atoms with van der Waals surface area (Å²) in [6.07, 6.45) is 1.59. The number of anilines is 1. The Labute approximate surface area is 142 Å². The summed E-state index contributed by atoms with van der Waals surface area (Å²) in [5, 5.41) is 5.91. The van der Waals surface area contributed by atoms with Crippen LogP contribution in [0.1, 0.15) is 18.1 Å².